The largest absolute Gasteiger partial charge is 0.458 e. The smallest absolute Gasteiger partial charge is 0.338 e. The summed E-state index contributed by atoms with van der Waals surface area (Å²) >= 11 is 9.19. The number of rotatable bonds is 4. The van der Waals surface area contributed by atoms with Crippen LogP contribution in [0.1, 0.15) is 22.3 Å². The minimum Gasteiger partial charge on any atom is -0.458 e. The monoisotopic (exact) mass is 393 g/mol. The molecule has 23 heavy (non-hydrogen) atoms. The highest BCUT2D eigenvalue weighted by molar-refractivity contribution is 9.10. The van der Waals surface area contributed by atoms with Crippen LogP contribution in [0.2, 0.25) is 5.02 Å². The molecule has 1 heterocycles. The van der Waals surface area contributed by atoms with Gasteiger partial charge in [-0.2, -0.15) is 0 Å². The molecule has 0 saturated heterocycles. The Morgan fingerprint density at radius 1 is 1.22 bits per heavy atom. The Kier molecular flexibility index (Phi) is 4.98. The van der Waals surface area contributed by atoms with Crippen LogP contribution < -0.4 is 0 Å². The molecular weight excluding hydrogens is 382 g/mol. The van der Waals surface area contributed by atoms with Crippen LogP contribution in [0.5, 0.6) is 0 Å². The van der Waals surface area contributed by atoms with Crippen LogP contribution in [0, 0.1) is 0 Å². The molecule has 0 amide bonds. The van der Waals surface area contributed by atoms with Gasteiger partial charge < -0.3 is 9.57 Å². The average molecular weight is 395 g/mol. The quantitative estimate of drug-likeness (QED) is 0.720. The number of halogens is 2. The fraction of sp³-hybridized carbons (Fsp3) is 0.176. The van der Waals surface area contributed by atoms with Gasteiger partial charge in [0, 0.05) is 15.9 Å². The van der Waals surface area contributed by atoms with E-state index < -0.39 is 0 Å². The maximum atomic E-state index is 12.0. The molecule has 3 rings (SSSR count). The molecule has 118 valence electrons. The second-order valence-corrected chi connectivity index (χ2v) is 6.43. The van der Waals surface area contributed by atoms with Crippen LogP contribution in [0.4, 0.5) is 0 Å². The number of benzene rings is 2. The molecule has 2 aromatic rings. The van der Waals surface area contributed by atoms with Crippen molar-refractivity contribution in [2.45, 2.75) is 12.5 Å². The van der Waals surface area contributed by atoms with E-state index in [0.717, 1.165) is 15.7 Å². The van der Waals surface area contributed by atoms with Crippen LogP contribution in [-0.2, 0) is 9.57 Å². The van der Waals surface area contributed by atoms with Gasteiger partial charge in [-0.3, -0.25) is 0 Å². The highest BCUT2D eigenvalue weighted by atomic mass is 79.9. The van der Waals surface area contributed by atoms with Crippen molar-refractivity contribution >= 4 is 39.2 Å². The van der Waals surface area contributed by atoms with Crippen molar-refractivity contribution in [3.05, 3.63) is 69.2 Å². The van der Waals surface area contributed by atoms with E-state index in [9.17, 15) is 4.79 Å². The molecular formula is C17H13BrClNO3. The molecule has 0 bridgehead atoms. The van der Waals surface area contributed by atoms with Gasteiger partial charge >= 0.3 is 5.97 Å². The van der Waals surface area contributed by atoms with E-state index in [2.05, 4.69) is 21.1 Å². The lowest BCUT2D eigenvalue weighted by Crippen LogP contribution is -2.19. The lowest BCUT2D eigenvalue weighted by atomic mass is 10.1. The summed E-state index contributed by atoms with van der Waals surface area (Å²) in [4.78, 5) is 17.3. The van der Waals surface area contributed by atoms with Crippen molar-refractivity contribution in [2.24, 2.45) is 5.16 Å². The zero-order valence-electron chi connectivity index (χ0n) is 12.0. The third-order valence-corrected chi connectivity index (χ3v) is 4.17. The molecule has 0 spiro atoms. The fourth-order valence-corrected chi connectivity index (χ4v) is 2.56. The van der Waals surface area contributed by atoms with Gasteiger partial charge in [0.05, 0.1) is 11.3 Å². The Labute approximate surface area is 147 Å². The zero-order chi connectivity index (χ0) is 16.2. The first-order chi connectivity index (χ1) is 11.1. The number of nitrogens with zero attached hydrogens (tertiary/aromatic N) is 1. The first kappa shape index (κ1) is 16.0. The van der Waals surface area contributed by atoms with Crippen LogP contribution in [0.3, 0.4) is 0 Å². The fourth-order valence-electron chi connectivity index (χ4n) is 2.17. The molecule has 0 unspecified atom stereocenters. The Bertz CT molecular complexity index is 729. The lowest BCUT2D eigenvalue weighted by molar-refractivity contribution is 0.00686. The van der Waals surface area contributed by atoms with Crippen molar-refractivity contribution in [3.63, 3.8) is 0 Å². The normalized spacial score (nSPS) is 16.6. The van der Waals surface area contributed by atoms with E-state index in [-0.39, 0.29) is 18.7 Å². The van der Waals surface area contributed by atoms with Crippen molar-refractivity contribution in [3.8, 4) is 0 Å². The van der Waals surface area contributed by atoms with Gasteiger partial charge in [0.1, 0.15) is 6.61 Å². The second-order valence-electron chi connectivity index (χ2n) is 5.08. The first-order valence-electron chi connectivity index (χ1n) is 7.03. The summed E-state index contributed by atoms with van der Waals surface area (Å²) in [6.07, 6.45) is 0.329. The summed E-state index contributed by atoms with van der Waals surface area (Å²) in [7, 11) is 0. The topological polar surface area (TPSA) is 47.9 Å². The molecule has 0 radical (unpaired) electrons. The summed E-state index contributed by atoms with van der Waals surface area (Å²) in [6, 6.07) is 14.4. The Balaban J connectivity index is 1.52. The Morgan fingerprint density at radius 2 is 1.91 bits per heavy atom. The summed E-state index contributed by atoms with van der Waals surface area (Å²) in [5.74, 6) is -0.374. The SMILES string of the molecule is O=C(OC[C@H]1CC(c2ccc(Cl)cc2)=NO1)c1ccc(Br)cc1. The van der Waals surface area contributed by atoms with Gasteiger partial charge in [0.15, 0.2) is 6.10 Å². The van der Waals surface area contributed by atoms with Crippen LogP contribution >= 0.6 is 27.5 Å². The minimum absolute atomic E-state index is 0.162. The molecule has 0 aromatic heterocycles. The maximum Gasteiger partial charge on any atom is 0.338 e. The third-order valence-electron chi connectivity index (χ3n) is 3.39. The molecule has 2 aromatic carbocycles. The predicted octanol–water partition coefficient (Wildman–Crippen LogP) is 4.45. The number of ether oxygens (including phenoxy) is 1. The number of carbonyl (C=O) groups excluding carboxylic acids is 1. The lowest BCUT2D eigenvalue weighted by Gasteiger charge is -2.09. The van der Waals surface area contributed by atoms with Crippen molar-refractivity contribution in [1.82, 2.24) is 0 Å². The summed E-state index contributed by atoms with van der Waals surface area (Å²) in [6.45, 7) is 0.162. The summed E-state index contributed by atoms with van der Waals surface area (Å²) in [5.41, 5.74) is 2.28. The molecule has 4 nitrogen and oxygen atoms in total. The number of carbonyl (C=O) groups is 1. The molecule has 1 aliphatic heterocycles. The molecule has 1 atom stereocenters. The minimum atomic E-state index is -0.374. The van der Waals surface area contributed by atoms with E-state index in [4.69, 9.17) is 21.2 Å². The number of esters is 1. The van der Waals surface area contributed by atoms with Crippen LogP contribution in [-0.4, -0.2) is 24.4 Å². The summed E-state index contributed by atoms with van der Waals surface area (Å²) in [5, 5.41) is 4.73. The van der Waals surface area contributed by atoms with Crippen molar-refractivity contribution in [2.75, 3.05) is 6.61 Å². The number of hydrogen-bond donors (Lipinski definition) is 0. The standard InChI is InChI=1S/C17H13BrClNO3/c18-13-5-1-12(2-6-13)17(21)22-10-15-9-16(20-23-15)11-3-7-14(19)8-4-11/h1-8,15H,9-10H2/t15-/m1/s1. The van der Waals surface area contributed by atoms with E-state index in [1.165, 1.54) is 0 Å². The van der Waals surface area contributed by atoms with Crippen LogP contribution in [0.15, 0.2) is 58.2 Å². The highest BCUT2D eigenvalue weighted by Crippen LogP contribution is 2.19. The molecule has 0 N–H and O–H groups in total. The molecule has 1 aliphatic rings. The number of oxime groups is 1. The summed E-state index contributed by atoms with van der Waals surface area (Å²) < 4.78 is 6.19. The van der Waals surface area contributed by atoms with Crippen molar-refractivity contribution < 1.29 is 14.4 Å². The number of hydrogen-bond acceptors (Lipinski definition) is 4. The highest BCUT2D eigenvalue weighted by Gasteiger charge is 2.24. The van der Waals surface area contributed by atoms with E-state index in [1.807, 2.05) is 12.1 Å². The van der Waals surface area contributed by atoms with Crippen molar-refractivity contribution in [1.29, 1.82) is 0 Å². The third kappa shape index (κ3) is 4.12. The van der Waals surface area contributed by atoms with Gasteiger partial charge in [-0.1, -0.05) is 44.8 Å². The Morgan fingerprint density at radius 3 is 2.61 bits per heavy atom. The Hall–Kier alpha value is -1.85. The predicted molar refractivity (Wildman–Crippen MR) is 91.9 cm³/mol. The molecule has 0 saturated carbocycles. The van der Waals surface area contributed by atoms with E-state index >= 15 is 0 Å². The van der Waals surface area contributed by atoms with Crippen LogP contribution in [0.25, 0.3) is 0 Å². The van der Waals surface area contributed by atoms with Gasteiger partial charge in [0.25, 0.3) is 0 Å². The van der Waals surface area contributed by atoms with Gasteiger partial charge in [-0.25, -0.2) is 4.79 Å². The van der Waals surface area contributed by atoms with E-state index in [1.54, 1.807) is 36.4 Å². The maximum absolute atomic E-state index is 12.0. The second kappa shape index (κ2) is 7.15. The van der Waals surface area contributed by atoms with E-state index in [0.29, 0.717) is 17.0 Å². The molecule has 6 heteroatoms. The van der Waals surface area contributed by atoms with Gasteiger partial charge in [-0.05, 0) is 42.0 Å². The molecule has 0 fully saturated rings. The average Bonchev–Trinajstić information content (AvgIpc) is 3.03. The zero-order valence-corrected chi connectivity index (χ0v) is 14.4. The molecule has 0 aliphatic carbocycles. The first-order valence-corrected chi connectivity index (χ1v) is 8.20. The van der Waals surface area contributed by atoms with Gasteiger partial charge in [0.2, 0.25) is 0 Å². The van der Waals surface area contributed by atoms with Gasteiger partial charge in [-0.15, -0.1) is 0 Å².